The Morgan fingerprint density at radius 2 is 2.05 bits per heavy atom. The maximum atomic E-state index is 11.3. The van der Waals surface area contributed by atoms with Crippen LogP contribution in [-0.4, -0.2) is 48.3 Å². The van der Waals surface area contributed by atoms with Crippen molar-refractivity contribution in [2.75, 3.05) is 18.1 Å². The van der Waals surface area contributed by atoms with Crippen LogP contribution in [0.25, 0.3) is 11.2 Å². The van der Waals surface area contributed by atoms with Crippen LogP contribution < -0.4 is 11.5 Å². The normalized spacial score (nSPS) is 12.4. The first kappa shape index (κ1) is 15.4. The highest BCUT2D eigenvalue weighted by atomic mass is 16.5. The van der Waals surface area contributed by atoms with Crippen molar-refractivity contribution in [2.24, 2.45) is 0 Å². The molecule has 0 amide bonds. The number of carboxylic acid groups (broad SMARTS) is 2. The molecule has 2 heterocycles. The Morgan fingerprint density at radius 1 is 1.32 bits per heavy atom. The summed E-state index contributed by atoms with van der Waals surface area (Å²) in [7, 11) is 0. The van der Waals surface area contributed by atoms with E-state index >= 15 is 0 Å². The van der Waals surface area contributed by atoms with Gasteiger partial charge in [0.15, 0.2) is 11.5 Å². The molecule has 22 heavy (non-hydrogen) atoms. The Kier molecular flexibility index (Phi) is 4.36. The second-order valence-electron chi connectivity index (χ2n) is 4.35. The van der Waals surface area contributed by atoms with Crippen molar-refractivity contribution in [2.45, 2.75) is 19.1 Å². The second kappa shape index (κ2) is 6.22. The van der Waals surface area contributed by atoms with Gasteiger partial charge in [-0.25, -0.2) is 9.78 Å². The summed E-state index contributed by atoms with van der Waals surface area (Å²) < 4.78 is 6.35. The summed E-state index contributed by atoms with van der Waals surface area (Å²) in [5.74, 6) is -2.37. The monoisotopic (exact) mass is 310 g/mol. The molecule has 0 aliphatic rings. The molecule has 0 aliphatic carbocycles. The van der Waals surface area contributed by atoms with E-state index in [4.69, 9.17) is 21.3 Å². The molecule has 6 N–H and O–H groups in total. The number of imidazole rings is 1. The molecule has 0 saturated heterocycles. The maximum Gasteiger partial charge on any atom is 0.354 e. The molecule has 2 rings (SSSR count). The number of nitrogen functional groups attached to an aromatic ring is 2. The third-order valence-electron chi connectivity index (χ3n) is 2.74. The van der Waals surface area contributed by atoms with Gasteiger partial charge in [0.05, 0.1) is 12.9 Å². The summed E-state index contributed by atoms with van der Waals surface area (Å²) in [6.45, 7) is -0.0566. The van der Waals surface area contributed by atoms with Crippen LogP contribution in [0.1, 0.15) is 19.1 Å². The number of anilines is 2. The largest absolute Gasteiger partial charge is 0.481 e. The second-order valence-corrected chi connectivity index (χ2v) is 4.35. The average Bonchev–Trinajstić information content (AvgIpc) is 2.81. The lowest BCUT2D eigenvalue weighted by Crippen LogP contribution is -2.23. The number of nitrogens with zero attached hydrogens (tertiary/aromatic N) is 4. The molecule has 1 unspecified atom stereocenters. The van der Waals surface area contributed by atoms with Gasteiger partial charge in [-0.15, -0.1) is 0 Å². The molecule has 118 valence electrons. The highest BCUT2D eigenvalue weighted by molar-refractivity contribution is 5.84. The van der Waals surface area contributed by atoms with E-state index in [1.54, 1.807) is 0 Å². The Hall–Kier alpha value is -2.95. The number of fused-ring (bicyclic) bond motifs is 1. The first-order valence-corrected chi connectivity index (χ1v) is 6.22. The summed E-state index contributed by atoms with van der Waals surface area (Å²) in [6.07, 6.45) is -0.178. The standard InChI is InChI=1S/C11H14N6O5/c12-7-6-8(16-11(13)15-7)17(4-14-6)9(10(20)21)22-3-1-2-5(18)19/h4,9H,1-3H2,(H,18,19)(H,20,21)(H4,12,13,15,16). The molecule has 0 radical (unpaired) electrons. The van der Waals surface area contributed by atoms with Crippen molar-refractivity contribution in [3.8, 4) is 0 Å². The summed E-state index contributed by atoms with van der Waals surface area (Å²) in [5.41, 5.74) is 11.5. The Labute approximate surface area is 123 Å². The molecule has 0 spiro atoms. The van der Waals surface area contributed by atoms with Crippen LogP contribution >= 0.6 is 0 Å². The lowest BCUT2D eigenvalue weighted by Gasteiger charge is -2.15. The molecular weight excluding hydrogens is 296 g/mol. The Bertz CT molecular complexity index is 714. The number of nitrogens with two attached hydrogens (primary N) is 2. The lowest BCUT2D eigenvalue weighted by molar-refractivity contribution is -0.157. The predicted octanol–water partition coefficient (Wildman–Crippen LogP) is -0.545. The highest BCUT2D eigenvalue weighted by Gasteiger charge is 2.24. The molecular formula is C11H14N6O5. The van der Waals surface area contributed by atoms with Gasteiger partial charge in [0, 0.05) is 6.42 Å². The van der Waals surface area contributed by atoms with Gasteiger partial charge in [-0.1, -0.05) is 0 Å². The molecule has 11 nitrogen and oxygen atoms in total. The fourth-order valence-electron chi connectivity index (χ4n) is 1.82. The smallest absolute Gasteiger partial charge is 0.354 e. The number of carboxylic acids is 2. The van der Waals surface area contributed by atoms with Gasteiger partial charge in [-0.3, -0.25) is 9.36 Å². The van der Waals surface area contributed by atoms with Crippen molar-refractivity contribution >= 4 is 34.9 Å². The van der Waals surface area contributed by atoms with E-state index < -0.39 is 18.2 Å². The lowest BCUT2D eigenvalue weighted by atomic mass is 10.3. The number of rotatable bonds is 7. The molecule has 1 atom stereocenters. The minimum Gasteiger partial charge on any atom is -0.481 e. The Balaban J connectivity index is 2.25. The zero-order valence-corrected chi connectivity index (χ0v) is 11.3. The van der Waals surface area contributed by atoms with Crippen LogP contribution in [0.15, 0.2) is 6.33 Å². The van der Waals surface area contributed by atoms with E-state index in [1.807, 2.05) is 0 Å². The van der Waals surface area contributed by atoms with Gasteiger partial charge in [0.2, 0.25) is 12.2 Å². The van der Waals surface area contributed by atoms with Gasteiger partial charge >= 0.3 is 11.9 Å². The maximum absolute atomic E-state index is 11.3. The summed E-state index contributed by atoms with van der Waals surface area (Å²) in [5, 5.41) is 17.8. The quantitative estimate of drug-likeness (QED) is 0.485. The van der Waals surface area contributed by atoms with Crippen molar-refractivity contribution in [1.82, 2.24) is 19.5 Å². The van der Waals surface area contributed by atoms with Crippen LogP contribution in [0.2, 0.25) is 0 Å². The van der Waals surface area contributed by atoms with E-state index in [-0.39, 0.29) is 42.4 Å². The zero-order valence-electron chi connectivity index (χ0n) is 11.3. The number of aromatic nitrogens is 4. The van der Waals surface area contributed by atoms with Gasteiger partial charge in [-0.05, 0) is 6.42 Å². The van der Waals surface area contributed by atoms with Gasteiger partial charge in [0.1, 0.15) is 5.52 Å². The van der Waals surface area contributed by atoms with Gasteiger partial charge in [-0.2, -0.15) is 9.97 Å². The molecule has 0 aromatic carbocycles. The SMILES string of the molecule is Nc1nc(N)c2ncn(C(OCCCC(=O)O)C(=O)O)c2n1. The fourth-order valence-corrected chi connectivity index (χ4v) is 1.82. The van der Waals surface area contributed by atoms with Crippen LogP contribution in [0.4, 0.5) is 11.8 Å². The third kappa shape index (κ3) is 3.20. The fraction of sp³-hybridized carbons (Fsp3) is 0.364. The minimum atomic E-state index is -1.42. The summed E-state index contributed by atoms with van der Waals surface area (Å²) in [4.78, 5) is 33.3. The molecule has 2 aromatic heterocycles. The molecule has 0 saturated carbocycles. The van der Waals surface area contributed by atoms with Gasteiger partial charge in [0.25, 0.3) is 0 Å². The molecule has 0 fully saturated rings. The van der Waals surface area contributed by atoms with Crippen LogP contribution in [0.5, 0.6) is 0 Å². The van der Waals surface area contributed by atoms with E-state index in [2.05, 4.69) is 15.0 Å². The number of ether oxygens (including phenoxy) is 1. The van der Waals surface area contributed by atoms with E-state index in [1.165, 1.54) is 6.33 Å². The highest BCUT2D eigenvalue weighted by Crippen LogP contribution is 2.21. The van der Waals surface area contributed by atoms with Crippen LogP contribution in [-0.2, 0) is 14.3 Å². The van der Waals surface area contributed by atoms with E-state index in [0.29, 0.717) is 0 Å². The van der Waals surface area contributed by atoms with E-state index in [0.717, 1.165) is 4.57 Å². The topological polar surface area (TPSA) is 179 Å². The molecule has 11 heteroatoms. The van der Waals surface area contributed by atoms with Crippen molar-refractivity contribution < 1.29 is 24.5 Å². The van der Waals surface area contributed by atoms with Crippen molar-refractivity contribution in [1.29, 1.82) is 0 Å². The first-order chi connectivity index (χ1) is 10.4. The van der Waals surface area contributed by atoms with Crippen molar-refractivity contribution in [3.63, 3.8) is 0 Å². The summed E-state index contributed by atoms with van der Waals surface area (Å²) >= 11 is 0. The van der Waals surface area contributed by atoms with Crippen LogP contribution in [0, 0.1) is 0 Å². The van der Waals surface area contributed by atoms with E-state index in [9.17, 15) is 14.7 Å². The number of aliphatic carboxylic acids is 2. The first-order valence-electron chi connectivity index (χ1n) is 6.22. The average molecular weight is 310 g/mol. The third-order valence-corrected chi connectivity index (χ3v) is 2.74. The van der Waals surface area contributed by atoms with Gasteiger partial charge < -0.3 is 26.4 Å². The Morgan fingerprint density at radius 3 is 2.68 bits per heavy atom. The minimum absolute atomic E-state index is 0.0243. The number of hydrogen-bond donors (Lipinski definition) is 4. The molecule has 0 bridgehead atoms. The van der Waals surface area contributed by atoms with Crippen molar-refractivity contribution in [3.05, 3.63) is 6.33 Å². The summed E-state index contributed by atoms with van der Waals surface area (Å²) in [6, 6.07) is 0. The molecule has 0 aliphatic heterocycles. The predicted molar refractivity (Wildman–Crippen MR) is 73.6 cm³/mol. The molecule has 2 aromatic rings. The number of carbonyl (C=O) groups is 2. The zero-order chi connectivity index (χ0) is 16.3. The number of hydrogen-bond acceptors (Lipinski definition) is 8. The van der Waals surface area contributed by atoms with Crippen LogP contribution in [0.3, 0.4) is 0 Å².